The van der Waals surface area contributed by atoms with Crippen LogP contribution in [0.5, 0.6) is 17.2 Å². The standard InChI is InChI=1S/C27H23N3O4/c1-32-20-10-8-19(9-11-20)30-26(18-7-12-21-22(15-18)34-16-33-21)23-24(17-5-3-2-4-6-17)28-13-14-29-25(23)27(30)31/h2-12,15,26,29H,13-14,16H2,1H3. The summed E-state index contributed by atoms with van der Waals surface area (Å²) in [6.07, 6.45) is 0. The van der Waals surface area contributed by atoms with E-state index in [1.807, 2.05) is 77.7 Å². The highest BCUT2D eigenvalue weighted by atomic mass is 16.7. The van der Waals surface area contributed by atoms with Gasteiger partial charge in [0.25, 0.3) is 5.91 Å². The molecule has 0 saturated carbocycles. The van der Waals surface area contributed by atoms with Crippen LogP contribution < -0.4 is 24.4 Å². The van der Waals surface area contributed by atoms with Crippen molar-refractivity contribution in [3.05, 3.63) is 95.2 Å². The molecule has 1 unspecified atom stereocenters. The number of rotatable bonds is 4. The minimum absolute atomic E-state index is 0.0895. The van der Waals surface area contributed by atoms with Crippen LogP contribution in [0.3, 0.4) is 0 Å². The maximum Gasteiger partial charge on any atom is 0.275 e. The van der Waals surface area contributed by atoms with Crippen LogP contribution in [0.4, 0.5) is 5.69 Å². The van der Waals surface area contributed by atoms with E-state index in [0.717, 1.165) is 33.8 Å². The number of aliphatic imine (C=N–C) groups is 1. The maximum absolute atomic E-state index is 13.9. The second-order valence-electron chi connectivity index (χ2n) is 8.20. The fraction of sp³-hybridized carbons (Fsp3) is 0.185. The lowest BCUT2D eigenvalue weighted by Gasteiger charge is -2.28. The first kappa shape index (κ1) is 20.4. The molecule has 7 heteroatoms. The van der Waals surface area contributed by atoms with Crippen molar-refractivity contribution in [3.63, 3.8) is 0 Å². The molecule has 0 bridgehead atoms. The molecule has 3 aliphatic rings. The Bertz CT molecular complexity index is 1320. The van der Waals surface area contributed by atoms with E-state index in [2.05, 4.69) is 5.32 Å². The zero-order valence-electron chi connectivity index (χ0n) is 18.7. The molecule has 3 heterocycles. The fourth-order valence-corrected chi connectivity index (χ4v) is 4.72. The van der Waals surface area contributed by atoms with Crippen molar-refractivity contribution in [2.24, 2.45) is 4.99 Å². The van der Waals surface area contributed by atoms with E-state index < -0.39 is 6.04 Å². The molecule has 0 aromatic heterocycles. The number of ether oxygens (including phenoxy) is 3. The van der Waals surface area contributed by atoms with Crippen LogP contribution in [-0.2, 0) is 4.79 Å². The molecule has 0 saturated heterocycles. The Balaban J connectivity index is 1.54. The highest BCUT2D eigenvalue weighted by Gasteiger charge is 2.44. The minimum Gasteiger partial charge on any atom is -0.497 e. The zero-order chi connectivity index (χ0) is 23.1. The molecule has 1 atom stereocenters. The third-order valence-electron chi connectivity index (χ3n) is 6.28. The molecule has 3 aromatic carbocycles. The monoisotopic (exact) mass is 453 g/mol. The summed E-state index contributed by atoms with van der Waals surface area (Å²) in [7, 11) is 1.63. The topological polar surface area (TPSA) is 72.4 Å². The Hall–Kier alpha value is -4.26. The van der Waals surface area contributed by atoms with Gasteiger partial charge in [-0.15, -0.1) is 0 Å². The lowest BCUT2D eigenvalue weighted by Crippen LogP contribution is -2.33. The first-order valence-electron chi connectivity index (χ1n) is 11.2. The summed E-state index contributed by atoms with van der Waals surface area (Å²) < 4.78 is 16.5. The van der Waals surface area contributed by atoms with E-state index in [0.29, 0.717) is 30.3 Å². The summed E-state index contributed by atoms with van der Waals surface area (Å²) in [6, 6.07) is 23.0. The summed E-state index contributed by atoms with van der Waals surface area (Å²) in [5, 5.41) is 3.36. The van der Waals surface area contributed by atoms with Crippen molar-refractivity contribution in [2.45, 2.75) is 6.04 Å². The maximum atomic E-state index is 13.9. The number of amides is 1. The van der Waals surface area contributed by atoms with E-state index in [-0.39, 0.29) is 12.7 Å². The molecule has 6 rings (SSSR count). The first-order valence-corrected chi connectivity index (χ1v) is 11.2. The lowest BCUT2D eigenvalue weighted by molar-refractivity contribution is -0.115. The van der Waals surface area contributed by atoms with Crippen LogP contribution in [0.2, 0.25) is 0 Å². The van der Waals surface area contributed by atoms with Gasteiger partial charge in [0.15, 0.2) is 11.5 Å². The molecule has 0 fully saturated rings. The van der Waals surface area contributed by atoms with Crippen molar-refractivity contribution in [2.75, 3.05) is 31.9 Å². The second-order valence-corrected chi connectivity index (χ2v) is 8.20. The Morgan fingerprint density at radius 2 is 1.79 bits per heavy atom. The number of nitrogens with zero attached hydrogens (tertiary/aromatic N) is 2. The minimum atomic E-state index is -0.394. The average molecular weight is 453 g/mol. The highest BCUT2D eigenvalue weighted by Crippen LogP contribution is 2.45. The van der Waals surface area contributed by atoms with Crippen molar-refractivity contribution in [1.82, 2.24) is 5.32 Å². The summed E-state index contributed by atoms with van der Waals surface area (Å²) in [5.74, 6) is 2.02. The van der Waals surface area contributed by atoms with Crippen LogP contribution in [0.25, 0.3) is 0 Å². The predicted octanol–water partition coefficient (Wildman–Crippen LogP) is 3.86. The van der Waals surface area contributed by atoms with Crippen molar-refractivity contribution in [3.8, 4) is 17.2 Å². The molecule has 0 aliphatic carbocycles. The van der Waals surface area contributed by atoms with Gasteiger partial charge in [0.2, 0.25) is 6.79 Å². The summed E-state index contributed by atoms with van der Waals surface area (Å²) in [6.45, 7) is 1.36. The number of hydrogen-bond acceptors (Lipinski definition) is 6. The van der Waals surface area contributed by atoms with Crippen molar-refractivity contribution >= 4 is 17.3 Å². The van der Waals surface area contributed by atoms with E-state index in [9.17, 15) is 4.79 Å². The van der Waals surface area contributed by atoms with Gasteiger partial charge in [-0.1, -0.05) is 36.4 Å². The van der Waals surface area contributed by atoms with Gasteiger partial charge in [0.05, 0.1) is 25.4 Å². The molecule has 7 nitrogen and oxygen atoms in total. The highest BCUT2D eigenvalue weighted by molar-refractivity contribution is 6.23. The third-order valence-corrected chi connectivity index (χ3v) is 6.28. The van der Waals surface area contributed by atoms with Crippen LogP contribution in [0, 0.1) is 0 Å². The van der Waals surface area contributed by atoms with E-state index in [4.69, 9.17) is 19.2 Å². The summed E-state index contributed by atoms with van der Waals surface area (Å²) in [5.41, 5.74) is 4.95. The number of carbonyl (C=O) groups is 1. The van der Waals surface area contributed by atoms with Crippen LogP contribution in [0.1, 0.15) is 17.2 Å². The molecular formula is C27H23N3O4. The summed E-state index contributed by atoms with van der Waals surface area (Å²) in [4.78, 5) is 20.6. The molecule has 34 heavy (non-hydrogen) atoms. The largest absolute Gasteiger partial charge is 0.497 e. The van der Waals surface area contributed by atoms with Gasteiger partial charge < -0.3 is 19.5 Å². The number of benzene rings is 3. The Labute approximate surface area is 197 Å². The fourth-order valence-electron chi connectivity index (χ4n) is 4.72. The zero-order valence-corrected chi connectivity index (χ0v) is 18.7. The molecule has 0 radical (unpaired) electrons. The van der Waals surface area contributed by atoms with Gasteiger partial charge in [0.1, 0.15) is 11.4 Å². The SMILES string of the molecule is COc1ccc(N2C(=O)C3=C(C(c4ccccc4)=NCCN3)C2c2ccc3c(c2)OCO3)cc1. The Morgan fingerprint density at radius 1 is 1.00 bits per heavy atom. The molecule has 170 valence electrons. The molecule has 3 aromatic rings. The number of nitrogens with one attached hydrogen (secondary N) is 1. The number of anilines is 1. The number of carbonyl (C=O) groups excluding carboxylic acids is 1. The molecule has 1 amide bonds. The quantitative estimate of drug-likeness (QED) is 0.650. The van der Waals surface area contributed by atoms with Gasteiger partial charge >= 0.3 is 0 Å². The normalized spacial score (nSPS) is 18.9. The third kappa shape index (κ3) is 3.28. The van der Waals surface area contributed by atoms with E-state index in [1.54, 1.807) is 7.11 Å². The molecular weight excluding hydrogens is 430 g/mol. The van der Waals surface area contributed by atoms with E-state index in [1.165, 1.54) is 0 Å². The predicted molar refractivity (Wildman–Crippen MR) is 129 cm³/mol. The van der Waals surface area contributed by atoms with Crippen LogP contribution in [0.15, 0.2) is 89.1 Å². The van der Waals surface area contributed by atoms with Crippen LogP contribution in [-0.4, -0.2) is 38.6 Å². The number of hydrogen-bond donors (Lipinski definition) is 1. The number of methoxy groups -OCH3 is 1. The van der Waals surface area contributed by atoms with Gasteiger partial charge in [-0.05, 0) is 42.0 Å². The van der Waals surface area contributed by atoms with Gasteiger partial charge in [0, 0.05) is 23.4 Å². The lowest BCUT2D eigenvalue weighted by atomic mass is 9.91. The van der Waals surface area contributed by atoms with Crippen LogP contribution >= 0.6 is 0 Å². The smallest absolute Gasteiger partial charge is 0.275 e. The van der Waals surface area contributed by atoms with Gasteiger partial charge in [-0.2, -0.15) is 0 Å². The molecule has 3 aliphatic heterocycles. The van der Waals surface area contributed by atoms with Crippen molar-refractivity contribution < 1.29 is 19.0 Å². The van der Waals surface area contributed by atoms with E-state index >= 15 is 0 Å². The molecule has 1 N–H and O–H groups in total. The second kappa shape index (κ2) is 8.26. The molecule has 0 spiro atoms. The average Bonchev–Trinajstić information content (AvgIpc) is 3.39. The van der Waals surface area contributed by atoms with Gasteiger partial charge in [-0.25, -0.2) is 0 Å². The van der Waals surface area contributed by atoms with Crippen molar-refractivity contribution in [1.29, 1.82) is 0 Å². The number of fused-ring (bicyclic) bond motifs is 1. The summed E-state index contributed by atoms with van der Waals surface area (Å²) >= 11 is 0. The Kier molecular flexibility index (Phi) is 4.95. The Morgan fingerprint density at radius 3 is 2.59 bits per heavy atom. The first-order chi connectivity index (χ1) is 16.7. The van der Waals surface area contributed by atoms with Gasteiger partial charge in [-0.3, -0.25) is 14.7 Å².